The number of thioether (sulfide) groups is 1. The van der Waals surface area contributed by atoms with E-state index >= 15 is 0 Å². The van der Waals surface area contributed by atoms with Gasteiger partial charge in [-0.2, -0.15) is 0 Å². The molecular formula is C12H17NO2S. The van der Waals surface area contributed by atoms with Crippen LogP contribution in [-0.4, -0.2) is 17.8 Å². The Balaban J connectivity index is 2.34. The number of nitrogen functional groups attached to an aromatic ring is 1. The molecule has 1 unspecified atom stereocenters. The molecule has 16 heavy (non-hydrogen) atoms. The Morgan fingerprint density at radius 1 is 1.44 bits per heavy atom. The third kappa shape index (κ3) is 4.57. The number of anilines is 1. The van der Waals surface area contributed by atoms with Crippen molar-refractivity contribution in [1.82, 2.24) is 0 Å². The van der Waals surface area contributed by atoms with Gasteiger partial charge < -0.3 is 10.5 Å². The summed E-state index contributed by atoms with van der Waals surface area (Å²) in [6.07, 6.45) is 0.845. The molecule has 1 atom stereocenters. The smallest absolute Gasteiger partial charge is 0.316 e. The van der Waals surface area contributed by atoms with Crippen LogP contribution in [0.4, 0.5) is 5.69 Å². The molecule has 3 nitrogen and oxygen atoms in total. The maximum absolute atomic E-state index is 11.4. The minimum absolute atomic E-state index is 0.000446. The molecule has 0 aliphatic heterocycles. The molecule has 1 rings (SSSR count). The summed E-state index contributed by atoms with van der Waals surface area (Å²) in [5.74, 6) is 0.171. The third-order valence-electron chi connectivity index (χ3n) is 2.14. The summed E-state index contributed by atoms with van der Waals surface area (Å²) < 4.78 is 5.16. The van der Waals surface area contributed by atoms with E-state index in [4.69, 9.17) is 10.5 Å². The van der Waals surface area contributed by atoms with Crippen LogP contribution in [0.15, 0.2) is 29.2 Å². The molecule has 1 aromatic carbocycles. The van der Waals surface area contributed by atoms with E-state index in [2.05, 4.69) is 0 Å². The lowest BCUT2D eigenvalue weighted by Crippen LogP contribution is -2.15. The molecule has 0 fully saturated rings. The molecule has 1 aromatic rings. The van der Waals surface area contributed by atoms with Crippen LogP contribution in [0.1, 0.15) is 20.3 Å². The number of hydrogen-bond donors (Lipinski definition) is 1. The second-order valence-electron chi connectivity index (χ2n) is 3.57. The predicted molar refractivity (Wildman–Crippen MR) is 67.4 cm³/mol. The van der Waals surface area contributed by atoms with Gasteiger partial charge in [-0.3, -0.25) is 4.79 Å². The van der Waals surface area contributed by atoms with E-state index in [-0.39, 0.29) is 12.1 Å². The van der Waals surface area contributed by atoms with Crippen molar-refractivity contribution in [1.29, 1.82) is 0 Å². The van der Waals surface area contributed by atoms with Crippen molar-refractivity contribution in [2.45, 2.75) is 31.3 Å². The summed E-state index contributed by atoms with van der Waals surface area (Å²) in [5.41, 5.74) is 6.29. The number of esters is 1. The molecule has 0 heterocycles. The van der Waals surface area contributed by atoms with Gasteiger partial charge in [0.05, 0.1) is 11.9 Å². The van der Waals surface area contributed by atoms with Crippen molar-refractivity contribution in [3.05, 3.63) is 24.3 Å². The molecule has 0 aliphatic carbocycles. The fourth-order valence-electron chi connectivity index (χ4n) is 1.05. The van der Waals surface area contributed by atoms with E-state index in [0.29, 0.717) is 5.75 Å². The van der Waals surface area contributed by atoms with E-state index in [1.54, 1.807) is 0 Å². The lowest BCUT2D eigenvalue weighted by atomic mass is 10.3. The Labute approximate surface area is 100 Å². The van der Waals surface area contributed by atoms with E-state index in [0.717, 1.165) is 17.0 Å². The highest BCUT2D eigenvalue weighted by Crippen LogP contribution is 2.19. The topological polar surface area (TPSA) is 52.3 Å². The van der Waals surface area contributed by atoms with Crippen LogP contribution in [0.3, 0.4) is 0 Å². The Bertz CT molecular complexity index is 337. The molecule has 0 aliphatic rings. The zero-order valence-corrected chi connectivity index (χ0v) is 10.4. The van der Waals surface area contributed by atoms with Gasteiger partial charge in [-0.1, -0.05) is 6.92 Å². The van der Waals surface area contributed by atoms with Gasteiger partial charge in [-0.15, -0.1) is 11.8 Å². The van der Waals surface area contributed by atoms with Crippen molar-refractivity contribution in [2.75, 3.05) is 11.5 Å². The summed E-state index contributed by atoms with van der Waals surface area (Å²) in [6, 6.07) is 7.44. The van der Waals surface area contributed by atoms with Crippen LogP contribution in [0.2, 0.25) is 0 Å². The average molecular weight is 239 g/mol. The number of carbonyl (C=O) groups is 1. The molecule has 0 amide bonds. The quantitative estimate of drug-likeness (QED) is 0.487. The Morgan fingerprint density at radius 3 is 2.62 bits per heavy atom. The third-order valence-corrected chi connectivity index (χ3v) is 3.13. The highest BCUT2D eigenvalue weighted by Gasteiger charge is 2.07. The van der Waals surface area contributed by atoms with Gasteiger partial charge in [0, 0.05) is 10.6 Å². The normalized spacial score (nSPS) is 12.1. The zero-order chi connectivity index (χ0) is 12.0. The lowest BCUT2D eigenvalue weighted by molar-refractivity contribution is -0.144. The molecule has 0 bridgehead atoms. The lowest BCUT2D eigenvalue weighted by Gasteiger charge is -2.10. The van der Waals surface area contributed by atoms with Gasteiger partial charge in [0.1, 0.15) is 0 Å². The van der Waals surface area contributed by atoms with Crippen molar-refractivity contribution in [3.63, 3.8) is 0 Å². The Kier molecular flexibility index (Phi) is 5.19. The van der Waals surface area contributed by atoms with Gasteiger partial charge in [-0.05, 0) is 37.6 Å². The summed E-state index contributed by atoms with van der Waals surface area (Å²) in [7, 11) is 0. The number of nitrogens with two attached hydrogens (primary N) is 1. The minimum atomic E-state index is -0.170. The van der Waals surface area contributed by atoms with Crippen molar-refractivity contribution >= 4 is 23.4 Å². The fraction of sp³-hybridized carbons (Fsp3) is 0.417. The van der Waals surface area contributed by atoms with Crippen molar-refractivity contribution < 1.29 is 9.53 Å². The molecule has 0 saturated carbocycles. The molecule has 0 spiro atoms. The van der Waals surface area contributed by atoms with Crippen molar-refractivity contribution in [3.8, 4) is 0 Å². The molecule has 88 valence electrons. The first-order valence-electron chi connectivity index (χ1n) is 5.29. The molecule has 0 aromatic heterocycles. The average Bonchev–Trinajstić information content (AvgIpc) is 2.28. The van der Waals surface area contributed by atoms with Crippen LogP contribution < -0.4 is 5.73 Å². The second kappa shape index (κ2) is 6.43. The van der Waals surface area contributed by atoms with Gasteiger partial charge in [0.2, 0.25) is 0 Å². The molecule has 2 N–H and O–H groups in total. The van der Waals surface area contributed by atoms with Crippen molar-refractivity contribution in [2.24, 2.45) is 0 Å². The van der Waals surface area contributed by atoms with E-state index in [9.17, 15) is 4.79 Å². The molecule has 4 heteroatoms. The van der Waals surface area contributed by atoms with Crippen LogP contribution in [0.5, 0.6) is 0 Å². The maximum atomic E-state index is 11.4. The van der Waals surface area contributed by atoms with Crippen LogP contribution in [-0.2, 0) is 9.53 Å². The minimum Gasteiger partial charge on any atom is -0.462 e. The maximum Gasteiger partial charge on any atom is 0.316 e. The summed E-state index contributed by atoms with van der Waals surface area (Å²) in [4.78, 5) is 12.4. The first-order chi connectivity index (χ1) is 7.61. The number of hydrogen-bond acceptors (Lipinski definition) is 4. The number of rotatable bonds is 5. The first-order valence-corrected chi connectivity index (χ1v) is 6.28. The number of benzene rings is 1. The number of carbonyl (C=O) groups excluding carboxylic acids is 1. The van der Waals surface area contributed by atoms with Gasteiger partial charge in [0.15, 0.2) is 0 Å². The highest BCUT2D eigenvalue weighted by molar-refractivity contribution is 8.00. The summed E-state index contributed by atoms with van der Waals surface area (Å²) >= 11 is 1.46. The van der Waals surface area contributed by atoms with Crippen LogP contribution in [0.25, 0.3) is 0 Å². The standard InChI is InChI=1S/C12H17NO2S/c1-3-9(2)15-12(14)8-16-11-6-4-10(13)5-7-11/h4-7,9H,3,8,13H2,1-2H3. The predicted octanol–water partition coefficient (Wildman–Crippen LogP) is 2.70. The van der Waals surface area contributed by atoms with Gasteiger partial charge in [0.25, 0.3) is 0 Å². The van der Waals surface area contributed by atoms with E-state index in [1.807, 2.05) is 38.1 Å². The summed E-state index contributed by atoms with van der Waals surface area (Å²) in [5, 5.41) is 0. The van der Waals surface area contributed by atoms with Gasteiger partial charge >= 0.3 is 5.97 Å². The number of ether oxygens (including phenoxy) is 1. The highest BCUT2D eigenvalue weighted by atomic mass is 32.2. The Hall–Kier alpha value is -1.16. The van der Waals surface area contributed by atoms with Crippen LogP contribution >= 0.6 is 11.8 Å². The van der Waals surface area contributed by atoms with E-state index in [1.165, 1.54) is 11.8 Å². The Morgan fingerprint density at radius 2 is 2.06 bits per heavy atom. The monoisotopic (exact) mass is 239 g/mol. The zero-order valence-electron chi connectivity index (χ0n) is 9.60. The SMILES string of the molecule is CCC(C)OC(=O)CSc1ccc(N)cc1. The largest absolute Gasteiger partial charge is 0.462 e. The molecule has 0 saturated heterocycles. The second-order valence-corrected chi connectivity index (χ2v) is 4.62. The molecular weight excluding hydrogens is 222 g/mol. The fourth-order valence-corrected chi connectivity index (χ4v) is 1.73. The van der Waals surface area contributed by atoms with E-state index < -0.39 is 0 Å². The van der Waals surface area contributed by atoms with Gasteiger partial charge in [-0.25, -0.2) is 0 Å². The first kappa shape index (κ1) is 12.9. The summed E-state index contributed by atoms with van der Waals surface area (Å²) in [6.45, 7) is 3.89. The van der Waals surface area contributed by atoms with Crippen LogP contribution in [0, 0.1) is 0 Å². The molecule has 0 radical (unpaired) electrons.